The van der Waals surface area contributed by atoms with Crippen molar-refractivity contribution in [1.29, 1.82) is 0 Å². The molecule has 1 fully saturated rings. The van der Waals surface area contributed by atoms with Crippen LogP contribution in [0.4, 0.5) is 0 Å². The molecule has 1 aliphatic rings. The molecule has 1 unspecified atom stereocenters. The number of halogens is 2. The normalized spacial score (nSPS) is 19.4. The van der Waals surface area contributed by atoms with Gasteiger partial charge in [-0.25, -0.2) is 0 Å². The van der Waals surface area contributed by atoms with Crippen LogP contribution in [-0.4, -0.2) is 5.11 Å². The van der Waals surface area contributed by atoms with Gasteiger partial charge in [0.15, 0.2) is 0 Å². The van der Waals surface area contributed by atoms with Crippen molar-refractivity contribution in [3.63, 3.8) is 0 Å². The highest BCUT2D eigenvalue weighted by Gasteiger charge is 2.23. The van der Waals surface area contributed by atoms with Gasteiger partial charge in [-0.3, -0.25) is 0 Å². The van der Waals surface area contributed by atoms with E-state index in [0.29, 0.717) is 14.6 Å². The maximum Gasteiger partial charge on any atom is 0.100 e. The van der Waals surface area contributed by atoms with E-state index in [4.69, 9.17) is 23.2 Å². The minimum atomic E-state index is -0.434. The maximum absolute atomic E-state index is 9.91. The Kier molecular flexibility index (Phi) is 3.38. The molecule has 0 amide bonds. The summed E-state index contributed by atoms with van der Waals surface area (Å²) < 4.78 is 1.28. The van der Waals surface area contributed by atoms with E-state index in [9.17, 15) is 5.11 Å². The molecule has 4 heteroatoms. The van der Waals surface area contributed by atoms with E-state index in [1.807, 2.05) is 0 Å². The monoisotopic (exact) mass is 250 g/mol. The van der Waals surface area contributed by atoms with Crippen LogP contribution < -0.4 is 0 Å². The number of hydrogen-bond acceptors (Lipinski definition) is 2. The van der Waals surface area contributed by atoms with Gasteiger partial charge in [0.1, 0.15) is 4.34 Å². The van der Waals surface area contributed by atoms with Gasteiger partial charge in [-0.2, -0.15) is 0 Å². The number of rotatable bonds is 3. The number of aliphatic hydroxyl groups is 1. The minimum absolute atomic E-state index is 0.434. The molecule has 1 aromatic heterocycles. The van der Waals surface area contributed by atoms with Crippen molar-refractivity contribution in [2.45, 2.75) is 31.8 Å². The SMILES string of the molecule is OC(CC1CCC1)c1cc(Cl)sc1Cl. The van der Waals surface area contributed by atoms with Gasteiger partial charge in [-0.15, -0.1) is 11.3 Å². The van der Waals surface area contributed by atoms with Gasteiger partial charge in [-0.05, 0) is 18.4 Å². The highest BCUT2D eigenvalue weighted by molar-refractivity contribution is 7.20. The van der Waals surface area contributed by atoms with Crippen LogP contribution in [0.5, 0.6) is 0 Å². The van der Waals surface area contributed by atoms with E-state index in [1.54, 1.807) is 6.07 Å². The molecule has 1 N–H and O–H groups in total. The molecule has 0 radical (unpaired) electrons. The molecule has 0 saturated heterocycles. The predicted molar refractivity (Wildman–Crippen MR) is 61.3 cm³/mol. The summed E-state index contributed by atoms with van der Waals surface area (Å²) in [5.41, 5.74) is 0.800. The van der Waals surface area contributed by atoms with E-state index in [0.717, 1.165) is 12.0 Å². The highest BCUT2D eigenvalue weighted by Crippen LogP contribution is 2.40. The predicted octanol–water partition coefficient (Wildman–Crippen LogP) is 4.28. The lowest BCUT2D eigenvalue weighted by molar-refractivity contribution is 0.119. The lowest BCUT2D eigenvalue weighted by Gasteiger charge is -2.27. The second-order valence-corrected chi connectivity index (χ2v) is 6.11. The molecule has 1 saturated carbocycles. The van der Waals surface area contributed by atoms with E-state index < -0.39 is 6.10 Å². The van der Waals surface area contributed by atoms with E-state index in [-0.39, 0.29) is 0 Å². The molecular formula is C10H12Cl2OS. The summed E-state index contributed by atoms with van der Waals surface area (Å²) in [6.45, 7) is 0. The molecule has 2 rings (SSSR count). The first-order valence-corrected chi connectivity index (χ1v) is 6.37. The third-order valence-electron chi connectivity index (χ3n) is 2.82. The Morgan fingerprint density at radius 1 is 1.50 bits per heavy atom. The van der Waals surface area contributed by atoms with Crippen LogP contribution in [0.1, 0.15) is 37.4 Å². The highest BCUT2D eigenvalue weighted by atomic mass is 35.5. The third-order valence-corrected chi connectivity index (χ3v) is 4.34. The fourth-order valence-corrected chi connectivity index (χ4v) is 3.32. The van der Waals surface area contributed by atoms with Crippen LogP contribution in [-0.2, 0) is 0 Å². The molecule has 1 atom stereocenters. The molecule has 1 heterocycles. The van der Waals surface area contributed by atoms with Crippen LogP contribution >= 0.6 is 34.5 Å². The average Bonchev–Trinajstić information content (AvgIpc) is 2.37. The molecule has 1 aromatic rings. The molecule has 78 valence electrons. The fourth-order valence-electron chi connectivity index (χ4n) is 1.75. The fraction of sp³-hybridized carbons (Fsp3) is 0.600. The lowest BCUT2D eigenvalue weighted by Crippen LogP contribution is -2.14. The third kappa shape index (κ3) is 2.25. The Bertz CT molecular complexity index is 320. The van der Waals surface area contributed by atoms with Crippen LogP contribution in [0.3, 0.4) is 0 Å². The van der Waals surface area contributed by atoms with Crippen molar-refractivity contribution in [3.8, 4) is 0 Å². The Labute approximate surface area is 97.7 Å². The van der Waals surface area contributed by atoms with Crippen LogP contribution in [0.15, 0.2) is 6.07 Å². The summed E-state index contributed by atoms with van der Waals surface area (Å²) in [4.78, 5) is 0. The zero-order chi connectivity index (χ0) is 10.1. The number of hydrogen-bond donors (Lipinski definition) is 1. The van der Waals surface area contributed by atoms with Gasteiger partial charge in [0.25, 0.3) is 0 Å². The Balaban J connectivity index is 2.02. The number of thiophene rings is 1. The van der Waals surface area contributed by atoms with Gasteiger partial charge in [-0.1, -0.05) is 42.5 Å². The first kappa shape index (κ1) is 10.7. The Morgan fingerprint density at radius 2 is 2.21 bits per heavy atom. The molecule has 1 aliphatic carbocycles. The van der Waals surface area contributed by atoms with Gasteiger partial charge < -0.3 is 5.11 Å². The summed E-state index contributed by atoms with van der Waals surface area (Å²) in [5.74, 6) is 0.680. The molecule has 0 aliphatic heterocycles. The van der Waals surface area contributed by atoms with Crippen molar-refractivity contribution in [1.82, 2.24) is 0 Å². The zero-order valence-corrected chi connectivity index (χ0v) is 10.0. The van der Waals surface area contributed by atoms with E-state index in [2.05, 4.69) is 0 Å². The van der Waals surface area contributed by atoms with E-state index in [1.165, 1.54) is 30.6 Å². The van der Waals surface area contributed by atoms with Gasteiger partial charge in [0.05, 0.1) is 10.4 Å². The summed E-state index contributed by atoms with van der Waals surface area (Å²) >= 11 is 13.1. The van der Waals surface area contributed by atoms with E-state index >= 15 is 0 Å². The standard InChI is InChI=1S/C10H12Cl2OS/c11-9-5-7(10(12)14-9)8(13)4-6-2-1-3-6/h5-6,8,13H,1-4H2. The molecule has 0 spiro atoms. The quantitative estimate of drug-likeness (QED) is 0.850. The maximum atomic E-state index is 9.91. The molecule has 1 nitrogen and oxygen atoms in total. The second-order valence-electron chi connectivity index (χ2n) is 3.83. The Hall–Kier alpha value is 0.240. The molecule has 0 bridgehead atoms. The minimum Gasteiger partial charge on any atom is -0.388 e. The van der Waals surface area contributed by atoms with Crippen LogP contribution in [0.25, 0.3) is 0 Å². The van der Waals surface area contributed by atoms with Crippen molar-refractivity contribution in [2.75, 3.05) is 0 Å². The van der Waals surface area contributed by atoms with Gasteiger partial charge in [0.2, 0.25) is 0 Å². The summed E-state index contributed by atoms with van der Waals surface area (Å²) in [6.07, 6.45) is 4.18. The van der Waals surface area contributed by atoms with Gasteiger partial charge in [0, 0.05) is 5.56 Å². The topological polar surface area (TPSA) is 20.2 Å². The molecule has 0 aromatic carbocycles. The zero-order valence-electron chi connectivity index (χ0n) is 7.67. The number of aliphatic hydroxyl groups excluding tert-OH is 1. The van der Waals surface area contributed by atoms with Crippen LogP contribution in [0.2, 0.25) is 8.67 Å². The summed E-state index contributed by atoms with van der Waals surface area (Å²) in [7, 11) is 0. The first-order valence-electron chi connectivity index (χ1n) is 4.79. The second kappa shape index (κ2) is 4.40. The average molecular weight is 251 g/mol. The largest absolute Gasteiger partial charge is 0.388 e. The van der Waals surface area contributed by atoms with Crippen molar-refractivity contribution < 1.29 is 5.11 Å². The molecular weight excluding hydrogens is 239 g/mol. The van der Waals surface area contributed by atoms with Gasteiger partial charge >= 0.3 is 0 Å². The Morgan fingerprint density at radius 3 is 2.64 bits per heavy atom. The smallest absolute Gasteiger partial charge is 0.100 e. The van der Waals surface area contributed by atoms with Crippen molar-refractivity contribution in [2.24, 2.45) is 5.92 Å². The summed E-state index contributed by atoms with van der Waals surface area (Å²) in [6, 6.07) is 1.78. The molecule has 14 heavy (non-hydrogen) atoms. The first-order chi connectivity index (χ1) is 6.66. The lowest BCUT2D eigenvalue weighted by atomic mass is 9.81. The van der Waals surface area contributed by atoms with Crippen molar-refractivity contribution in [3.05, 3.63) is 20.3 Å². The van der Waals surface area contributed by atoms with Crippen molar-refractivity contribution >= 4 is 34.5 Å². The van der Waals surface area contributed by atoms with Crippen LogP contribution in [0, 0.1) is 5.92 Å². The summed E-state index contributed by atoms with van der Waals surface area (Å²) in [5, 5.41) is 9.91.